The Morgan fingerprint density at radius 2 is 1.74 bits per heavy atom. The maximum Gasteiger partial charge on any atom is 0.410 e. The first-order valence-electron chi connectivity index (χ1n) is 13.2. The molecule has 0 bridgehead atoms. The number of pyridine rings is 1. The zero-order chi connectivity index (χ0) is 27.4. The largest absolute Gasteiger partial charge is 0.447 e. The lowest BCUT2D eigenvalue weighted by Crippen LogP contribution is -2.46. The van der Waals surface area contributed by atoms with Crippen LogP contribution in [0.5, 0.6) is 11.6 Å². The van der Waals surface area contributed by atoms with Gasteiger partial charge >= 0.3 is 6.09 Å². The van der Waals surface area contributed by atoms with Crippen molar-refractivity contribution in [2.24, 2.45) is 0 Å². The van der Waals surface area contributed by atoms with Gasteiger partial charge in [-0.1, -0.05) is 48.5 Å². The fourth-order valence-corrected chi connectivity index (χ4v) is 5.59. The number of aryl methyl sites for hydroxylation is 1. The lowest BCUT2D eigenvalue weighted by molar-refractivity contribution is 0.104. The second-order valence-electron chi connectivity index (χ2n) is 10.2. The van der Waals surface area contributed by atoms with Gasteiger partial charge in [-0.25, -0.2) is 22.9 Å². The first-order valence-corrected chi connectivity index (χ1v) is 15.0. The summed E-state index contributed by atoms with van der Waals surface area (Å²) in [7, 11) is -3.24. The van der Waals surface area contributed by atoms with Crippen molar-refractivity contribution in [1.82, 2.24) is 19.5 Å². The number of benzene rings is 2. The molecule has 9 nitrogen and oxygen atoms in total. The molecule has 2 aromatic carbocycles. The van der Waals surface area contributed by atoms with Crippen LogP contribution in [0, 0.1) is 6.92 Å². The van der Waals surface area contributed by atoms with Gasteiger partial charge in [0.15, 0.2) is 0 Å². The molecule has 1 N–H and O–H groups in total. The normalized spacial score (nSPS) is 18.8. The van der Waals surface area contributed by atoms with Crippen molar-refractivity contribution in [2.45, 2.75) is 44.9 Å². The van der Waals surface area contributed by atoms with Crippen LogP contribution in [0.4, 0.5) is 4.79 Å². The van der Waals surface area contributed by atoms with Crippen molar-refractivity contribution < 1.29 is 22.7 Å². The van der Waals surface area contributed by atoms with E-state index in [4.69, 9.17) is 9.47 Å². The molecule has 0 saturated carbocycles. The van der Waals surface area contributed by atoms with Gasteiger partial charge in [0.25, 0.3) is 0 Å². The third kappa shape index (κ3) is 6.95. The summed E-state index contributed by atoms with van der Waals surface area (Å²) >= 11 is 0. The van der Waals surface area contributed by atoms with Gasteiger partial charge in [-0.15, -0.1) is 0 Å². The number of carbonyl (C=O) groups excluding carboxylic acids is 1. The van der Waals surface area contributed by atoms with Gasteiger partial charge in [0, 0.05) is 44.0 Å². The Kier molecular flexibility index (Phi) is 8.15. The molecule has 2 fully saturated rings. The van der Waals surface area contributed by atoms with E-state index in [0.717, 1.165) is 61.1 Å². The smallest absolute Gasteiger partial charge is 0.410 e. The van der Waals surface area contributed by atoms with Crippen molar-refractivity contribution in [3.63, 3.8) is 0 Å². The summed E-state index contributed by atoms with van der Waals surface area (Å²) in [6.45, 7) is 5.22. The van der Waals surface area contributed by atoms with Crippen LogP contribution in [0.25, 0.3) is 0 Å². The number of rotatable bonds is 9. The van der Waals surface area contributed by atoms with Gasteiger partial charge in [0.1, 0.15) is 12.4 Å². The Hall–Kier alpha value is -3.47. The number of carbonyl (C=O) groups is 1. The summed E-state index contributed by atoms with van der Waals surface area (Å²) in [5.74, 6) is 1.14. The molecule has 0 spiro atoms. The Morgan fingerprint density at radius 3 is 2.41 bits per heavy atom. The number of cyclic esters (lactones) is 1. The van der Waals surface area contributed by atoms with Crippen molar-refractivity contribution in [3.8, 4) is 11.6 Å². The molecule has 10 heteroatoms. The van der Waals surface area contributed by atoms with Crippen LogP contribution in [-0.2, 0) is 27.8 Å². The molecule has 1 atom stereocenters. The molecule has 206 valence electrons. The number of nitrogens with one attached hydrogen (secondary N) is 1. The summed E-state index contributed by atoms with van der Waals surface area (Å²) in [4.78, 5) is 21.6. The van der Waals surface area contributed by atoms with Crippen LogP contribution in [0.2, 0.25) is 0 Å². The topological polar surface area (TPSA) is 101 Å². The van der Waals surface area contributed by atoms with Crippen LogP contribution in [0.15, 0.2) is 66.7 Å². The molecular formula is C29H34N4O5S. The summed E-state index contributed by atoms with van der Waals surface area (Å²) in [6, 6.07) is 21.4. The van der Waals surface area contributed by atoms with E-state index >= 15 is 0 Å². The molecule has 3 heterocycles. The van der Waals surface area contributed by atoms with E-state index in [1.165, 1.54) is 0 Å². The maximum absolute atomic E-state index is 12.6. The summed E-state index contributed by atoms with van der Waals surface area (Å²) in [6.07, 6.45) is 2.74. The van der Waals surface area contributed by atoms with Crippen molar-refractivity contribution in [1.29, 1.82) is 0 Å². The lowest BCUT2D eigenvalue weighted by Gasteiger charge is -2.38. The Labute approximate surface area is 229 Å². The second-order valence-corrected chi connectivity index (χ2v) is 12.0. The number of ether oxygens (including phenoxy) is 2. The number of piperidine rings is 1. The van der Waals surface area contributed by atoms with Crippen molar-refractivity contribution >= 4 is 16.1 Å². The molecule has 0 aliphatic carbocycles. The minimum atomic E-state index is -3.24. The third-order valence-electron chi connectivity index (χ3n) is 7.29. The second kappa shape index (κ2) is 11.7. The van der Waals surface area contributed by atoms with E-state index in [9.17, 15) is 13.2 Å². The molecule has 2 aliphatic heterocycles. The third-order valence-corrected chi connectivity index (χ3v) is 7.96. The predicted molar refractivity (Wildman–Crippen MR) is 148 cm³/mol. The highest BCUT2D eigenvalue weighted by atomic mass is 32.2. The molecule has 5 rings (SSSR count). The summed E-state index contributed by atoms with van der Waals surface area (Å²) in [5, 5.41) is 0. The Bertz CT molecular complexity index is 1390. The average Bonchev–Trinajstić information content (AvgIpc) is 3.31. The van der Waals surface area contributed by atoms with Gasteiger partial charge in [-0.05, 0) is 48.6 Å². The number of likely N-dealkylation sites (tertiary alicyclic amines) is 1. The number of aromatic nitrogens is 1. The number of hydrogen-bond acceptors (Lipinski definition) is 7. The van der Waals surface area contributed by atoms with Crippen molar-refractivity contribution in [2.75, 3.05) is 26.0 Å². The van der Waals surface area contributed by atoms with Gasteiger partial charge in [0.05, 0.1) is 12.3 Å². The standard InChI is InChI=1S/C29H34N4O5S/c1-21-24(10-13-28(31-21)38-26-11-8-22(9-12-26)18-30-39(2,35)36)19-32-16-14-25(15-17-32)33-27(20-37-29(33)34)23-6-4-3-5-7-23/h3-13,25,27,30H,14-20H2,1-2H3/t27-/m0/s1. The molecule has 0 radical (unpaired) electrons. The predicted octanol–water partition coefficient (Wildman–Crippen LogP) is 4.39. The number of amides is 1. The van der Waals surface area contributed by atoms with E-state index in [1.807, 2.05) is 48.2 Å². The molecule has 1 amide bonds. The highest BCUT2D eigenvalue weighted by molar-refractivity contribution is 7.88. The van der Waals surface area contributed by atoms with E-state index < -0.39 is 10.0 Å². The highest BCUT2D eigenvalue weighted by Gasteiger charge is 2.40. The molecule has 39 heavy (non-hydrogen) atoms. The minimum absolute atomic E-state index is 0.0189. The fraction of sp³-hybridized carbons (Fsp3) is 0.379. The minimum Gasteiger partial charge on any atom is -0.447 e. The van der Waals surface area contributed by atoms with E-state index in [2.05, 4.69) is 32.8 Å². The van der Waals surface area contributed by atoms with Crippen molar-refractivity contribution in [3.05, 3.63) is 89.1 Å². The number of sulfonamides is 1. The molecular weight excluding hydrogens is 516 g/mol. The van der Waals surface area contributed by atoms with E-state index in [1.54, 1.807) is 12.1 Å². The first-order chi connectivity index (χ1) is 18.7. The zero-order valence-corrected chi connectivity index (χ0v) is 23.1. The van der Waals surface area contributed by atoms with E-state index in [-0.39, 0.29) is 24.7 Å². The molecule has 2 aliphatic rings. The van der Waals surface area contributed by atoms with Crippen LogP contribution in [0.3, 0.4) is 0 Å². The number of hydrogen-bond donors (Lipinski definition) is 1. The van der Waals surface area contributed by atoms with E-state index in [0.29, 0.717) is 18.2 Å². The lowest BCUT2D eigenvalue weighted by atomic mass is 9.98. The molecule has 0 unspecified atom stereocenters. The summed E-state index contributed by atoms with van der Waals surface area (Å²) in [5.41, 5.74) is 4.02. The Balaban J connectivity index is 1.14. The fourth-order valence-electron chi connectivity index (χ4n) is 5.17. The van der Waals surface area contributed by atoms with Crippen LogP contribution in [0.1, 0.15) is 41.3 Å². The Morgan fingerprint density at radius 1 is 1.03 bits per heavy atom. The van der Waals surface area contributed by atoms with Crippen LogP contribution in [-0.4, -0.2) is 61.3 Å². The molecule has 2 saturated heterocycles. The monoisotopic (exact) mass is 550 g/mol. The van der Waals surface area contributed by atoms with Gasteiger partial charge in [0.2, 0.25) is 15.9 Å². The van der Waals surface area contributed by atoms with Gasteiger partial charge in [-0.2, -0.15) is 0 Å². The van der Waals surface area contributed by atoms with Crippen LogP contribution >= 0.6 is 0 Å². The molecule has 3 aromatic rings. The first kappa shape index (κ1) is 27.1. The van der Waals surface area contributed by atoms with Crippen LogP contribution < -0.4 is 9.46 Å². The summed E-state index contributed by atoms with van der Waals surface area (Å²) < 4.78 is 36.4. The highest BCUT2D eigenvalue weighted by Crippen LogP contribution is 2.33. The maximum atomic E-state index is 12.6. The number of nitrogens with zero attached hydrogens (tertiary/aromatic N) is 3. The zero-order valence-electron chi connectivity index (χ0n) is 22.2. The van der Waals surface area contributed by atoms with Gasteiger partial charge in [-0.3, -0.25) is 9.80 Å². The molecule has 1 aromatic heterocycles. The quantitative estimate of drug-likeness (QED) is 0.422. The van der Waals surface area contributed by atoms with Gasteiger partial charge < -0.3 is 9.47 Å². The average molecular weight is 551 g/mol. The SMILES string of the molecule is Cc1nc(Oc2ccc(CNS(C)(=O)=O)cc2)ccc1CN1CCC(N2C(=O)OC[C@H]2c2ccccc2)CC1.